The lowest BCUT2D eigenvalue weighted by Crippen LogP contribution is -2.54. The Bertz CT molecular complexity index is 1350. The highest BCUT2D eigenvalue weighted by atomic mass is 19.1. The molecule has 0 radical (unpaired) electrons. The lowest BCUT2D eigenvalue weighted by atomic mass is 9.83. The Morgan fingerprint density at radius 2 is 2.24 bits per heavy atom. The first kappa shape index (κ1) is 25.6. The van der Waals surface area contributed by atoms with E-state index in [1.54, 1.807) is 17.0 Å². The largest absolute Gasteiger partial charge is 0.507 e. The topological polar surface area (TPSA) is 160 Å². The quantitative estimate of drug-likeness (QED) is 0.434. The van der Waals surface area contributed by atoms with E-state index in [4.69, 9.17) is 10.2 Å². The van der Waals surface area contributed by atoms with Crippen LogP contribution in [0.25, 0.3) is 11.3 Å². The molecule has 0 spiro atoms. The van der Waals surface area contributed by atoms with E-state index in [-0.39, 0.29) is 60.7 Å². The highest BCUT2D eigenvalue weighted by Crippen LogP contribution is 2.38. The number of alkyl halides is 1. The van der Waals surface area contributed by atoms with E-state index in [9.17, 15) is 24.3 Å². The maximum atomic E-state index is 15.8. The number of nitrogens with zero attached hydrogens (tertiary/aromatic N) is 4. The molecule has 2 amide bonds. The summed E-state index contributed by atoms with van der Waals surface area (Å²) in [5.74, 6) is -1.60. The predicted octanol–water partition coefficient (Wildman–Crippen LogP) is 3.12. The Hall–Kier alpha value is -4.44. The summed E-state index contributed by atoms with van der Waals surface area (Å²) in [5.41, 5.74) is 4.11. The van der Waals surface area contributed by atoms with Crippen molar-refractivity contribution in [1.82, 2.24) is 14.7 Å². The molecular weight excluding hydrogens is 490 g/mol. The molecular formula is C24H24F2N6O5. The number of aromatic hydroxyl groups is 1. The summed E-state index contributed by atoms with van der Waals surface area (Å²) < 4.78 is 41.5. The van der Waals surface area contributed by atoms with Crippen molar-refractivity contribution in [3.05, 3.63) is 53.7 Å². The monoisotopic (exact) mass is 514 g/mol. The second-order valence-corrected chi connectivity index (χ2v) is 8.65. The van der Waals surface area contributed by atoms with Crippen LogP contribution in [0.1, 0.15) is 28.8 Å². The number of nitrogens with two attached hydrogens (primary N) is 1. The number of phenolic OH excluding ortho intramolecular Hbond substituents is 1. The SMILES string of the molecule is COC(=O)Nc1nn(C2(CC#N)CCN(Cc3cc(O)c(-c4ccco4)cc3F)CC2F)cc1C(N)=O. The minimum absolute atomic E-state index is 0.00166. The van der Waals surface area contributed by atoms with Gasteiger partial charge in [-0.25, -0.2) is 13.6 Å². The second kappa shape index (κ2) is 10.3. The number of carbonyl (C=O) groups excluding carboxylic acids is 2. The number of nitrogens with one attached hydrogen (secondary N) is 1. The summed E-state index contributed by atoms with van der Waals surface area (Å²) in [6.45, 7) is 0.0583. The van der Waals surface area contributed by atoms with Crippen LogP contribution >= 0.6 is 0 Å². The average molecular weight is 514 g/mol. The van der Waals surface area contributed by atoms with Gasteiger partial charge < -0.3 is 20.0 Å². The third kappa shape index (κ3) is 4.96. The highest BCUT2D eigenvalue weighted by Gasteiger charge is 2.47. The number of amides is 2. The number of anilines is 1. The maximum absolute atomic E-state index is 15.8. The lowest BCUT2D eigenvalue weighted by molar-refractivity contribution is 0.00658. The van der Waals surface area contributed by atoms with Crippen LogP contribution in [-0.2, 0) is 16.8 Å². The van der Waals surface area contributed by atoms with Gasteiger partial charge in [0.05, 0.1) is 31.4 Å². The molecule has 1 aromatic carbocycles. The van der Waals surface area contributed by atoms with Crippen LogP contribution in [0.5, 0.6) is 5.75 Å². The van der Waals surface area contributed by atoms with E-state index in [1.807, 2.05) is 6.07 Å². The van der Waals surface area contributed by atoms with E-state index >= 15 is 4.39 Å². The van der Waals surface area contributed by atoms with Crippen LogP contribution in [0.15, 0.2) is 41.1 Å². The fourth-order valence-corrected chi connectivity index (χ4v) is 4.43. The number of hydrogen-bond donors (Lipinski definition) is 3. The van der Waals surface area contributed by atoms with Crippen LogP contribution in [0.2, 0.25) is 0 Å². The van der Waals surface area contributed by atoms with Gasteiger partial charge in [-0.1, -0.05) is 0 Å². The molecule has 3 aromatic rings. The molecule has 4 N–H and O–H groups in total. The summed E-state index contributed by atoms with van der Waals surface area (Å²) in [7, 11) is 1.12. The lowest BCUT2D eigenvalue weighted by Gasteiger charge is -2.43. The minimum Gasteiger partial charge on any atom is -0.507 e. The Labute approximate surface area is 210 Å². The molecule has 1 aliphatic rings. The summed E-state index contributed by atoms with van der Waals surface area (Å²) in [6, 6.07) is 7.60. The summed E-state index contributed by atoms with van der Waals surface area (Å²) >= 11 is 0. The number of phenols is 1. The van der Waals surface area contributed by atoms with Gasteiger partial charge in [0, 0.05) is 31.4 Å². The Kier molecular flexibility index (Phi) is 7.12. The van der Waals surface area contributed by atoms with Crippen molar-refractivity contribution >= 4 is 17.8 Å². The number of furan rings is 1. The van der Waals surface area contributed by atoms with Gasteiger partial charge >= 0.3 is 6.09 Å². The summed E-state index contributed by atoms with van der Waals surface area (Å²) in [5, 5.41) is 26.3. The third-order valence-electron chi connectivity index (χ3n) is 6.43. The van der Waals surface area contributed by atoms with Crippen molar-refractivity contribution < 1.29 is 32.6 Å². The van der Waals surface area contributed by atoms with Gasteiger partial charge in [0.2, 0.25) is 0 Å². The van der Waals surface area contributed by atoms with E-state index in [2.05, 4.69) is 15.2 Å². The van der Waals surface area contributed by atoms with Gasteiger partial charge in [0.25, 0.3) is 5.91 Å². The molecule has 1 aliphatic heterocycles. The number of nitriles is 1. The van der Waals surface area contributed by atoms with Crippen molar-refractivity contribution in [2.75, 3.05) is 25.5 Å². The van der Waals surface area contributed by atoms with Gasteiger partial charge in [0.1, 0.15) is 34.6 Å². The highest BCUT2D eigenvalue weighted by molar-refractivity contribution is 6.00. The molecule has 2 aromatic heterocycles. The number of rotatable bonds is 7. The molecule has 0 aliphatic carbocycles. The zero-order chi connectivity index (χ0) is 26.7. The van der Waals surface area contributed by atoms with Crippen molar-refractivity contribution in [3.63, 3.8) is 0 Å². The first-order chi connectivity index (χ1) is 17.7. The summed E-state index contributed by atoms with van der Waals surface area (Å²) in [4.78, 5) is 25.2. The Morgan fingerprint density at radius 1 is 1.46 bits per heavy atom. The average Bonchev–Trinajstić information content (AvgIpc) is 3.54. The molecule has 13 heteroatoms. The smallest absolute Gasteiger partial charge is 0.412 e. The van der Waals surface area contributed by atoms with Gasteiger partial charge in [-0.3, -0.25) is 19.7 Å². The first-order valence-corrected chi connectivity index (χ1v) is 11.2. The fraction of sp³-hybridized carbons (Fsp3) is 0.333. The van der Waals surface area contributed by atoms with Gasteiger partial charge in [-0.05, 0) is 30.7 Å². The molecule has 2 unspecified atom stereocenters. The number of primary amides is 1. The van der Waals surface area contributed by atoms with E-state index < -0.39 is 29.5 Å². The zero-order valence-corrected chi connectivity index (χ0v) is 19.8. The number of carbonyl (C=O) groups is 2. The number of halogens is 2. The van der Waals surface area contributed by atoms with Crippen molar-refractivity contribution in [3.8, 4) is 23.1 Å². The number of benzene rings is 1. The van der Waals surface area contributed by atoms with Crippen molar-refractivity contribution in [2.24, 2.45) is 5.73 Å². The molecule has 3 heterocycles. The molecule has 0 bridgehead atoms. The number of hydrogen-bond acceptors (Lipinski definition) is 8. The third-order valence-corrected chi connectivity index (χ3v) is 6.43. The van der Waals surface area contributed by atoms with Crippen LogP contribution < -0.4 is 11.1 Å². The van der Waals surface area contributed by atoms with Crippen molar-refractivity contribution in [2.45, 2.75) is 31.1 Å². The van der Waals surface area contributed by atoms with E-state index in [1.165, 1.54) is 18.5 Å². The second-order valence-electron chi connectivity index (χ2n) is 8.65. The number of aromatic nitrogens is 2. The molecule has 2 atom stereocenters. The predicted molar refractivity (Wildman–Crippen MR) is 126 cm³/mol. The van der Waals surface area contributed by atoms with Crippen LogP contribution in [0, 0.1) is 17.1 Å². The number of ether oxygens (including phenoxy) is 1. The molecule has 11 nitrogen and oxygen atoms in total. The summed E-state index contributed by atoms with van der Waals surface area (Å²) in [6.07, 6.45) is -0.171. The van der Waals surface area contributed by atoms with Gasteiger partial charge in [-0.2, -0.15) is 10.4 Å². The minimum atomic E-state index is -1.66. The maximum Gasteiger partial charge on any atom is 0.412 e. The molecule has 37 heavy (non-hydrogen) atoms. The number of methoxy groups -OCH3 is 1. The van der Waals surface area contributed by atoms with E-state index in [0.717, 1.165) is 17.9 Å². The Morgan fingerprint density at radius 3 is 2.86 bits per heavy atom. The van der Waals surface area contributed by atoms with Gasteiger partial charge in [-0.15, -0.1) is 0 Å². The van der Waals surface area contributed by atoms with Gasteiger partial charge in [0.15, 0.2) is 5.82 Å². The number of piperidine rings is 1. The molecule has 0 saturated carbocycles. The Balaban J connectivity index is 1.57. The standard InChI is InChI=1S/C24H24F2N6O5/c1-36-23(35)29-22-16(21(28)34)12-32(30-22)24(4-6-27)5-7-31(13-20(24)26)11-14-9-18(33)15(10-17(14)25)19-3-2-8-37-19/h2-3,8-10,12,20,33H,4-5,7,11,13H2,1H3,(H2,28,34)(H,29,30,35). The van der Waals surface area contributed by atoms with Crippen LogP contribution in [0.3, 0.4) is 0 Å². The van der Waals surface area contributed by atoms with Crippen molar-refractivity contribution in [1.29, 1.82) is 5.26 Å². The fourth-order valence-electron chi connectivity index (χ4n) is 4.43. The molecule has 4 rings (SSSR count). The van der Waals surface area contributed by atoms with E-state index in [0.29, 0.717) is 5.76 Å². The van der Waals surface area contributed by atoms with Crippen LogP contribution in [0.4, 0.5) is 19.4 Å². The first-order valence-electron chi connectivity index (χ1n) is 11.2. The number of likely N-dealkylation sites (tertiary alicyclic amines) is 1. The molecule has 1 saturated heterocycles. The molecule has 1 fully saturated rings. The zero-order valence-electron chi connectivity index (χ0n) is 19.8. The molecule has 194 valence electrons. The normalized spacial score (nSPS) is 19.8. The van der Waals surface area contributed by atoms with Crippen LogP contribution in [-0.4, -0.2) is 58.2 Å².